The SMILES string of the molecule is Cc1ccc(NC(=O)c2cnc(NC(C)C)nc2)cc1Br. The zero-order chi connectivity index (χ0) is 15.4. The van der Waals surface area contributed by atoms with Crippen LogP contribution < -0.4 is 10.6 Å². The Bertz CT molecular complexity index is 641. The van der Waals surface area contributed by atoms with E-state index in [0.29, 0.717) is 11.5 Å². The van der Waals surface area contributed by atoms with E-state index in [1.165, 1.54) is 12.4 Å². The van der Waals surface area contributed by atoms with E-state index < -0.39 is 0 Å². The Morgan fingerprint density at radius 1 is 1.24 bits per heavy atom. The molecule has 1 heterocycles. The van der Waals surface area contributed by atoms with Crippen LogP contribution in [0.4, 0.5) is 11.6 Å². The number of anilines is 2. The third-order valence-electron chi connectivity index (χ3n) is 2.76. The molecule has 0 unspecified atom stereocenters. The lowest BCUT2D eigenvalue weighted by Crippen LogP contribution is -2.15. The first-order valence-electron chi connectivity index (χ1n) is 6.62. The summed E-state index contributed by atoms with van der Waals surface area (Å²) in [5.41, 5.74) is 2.25. The molecule has 0 saturated heterocycles. The van der Waals surface area contributed by atoms with Crippen molar-refractivity contribution in [3.63, 3.8) is 0 Å². The zero-order valence-electron chi connectivity index (χ0n) is 12.1. The van der Waals surface area contributed by atoms with E-state index in [9.17, 15) is 4.79 Å². The van der Waals surface area contributed by atoms with Gasteiger partial charge < -0.3 is 10.6 Å². The molecule has 2 aromatic rings. The van der Waals surface area contributed by atoms with Crippen molar-refractivity contribution in [3.05, 3.63) is 46.2 Å². The highest BCUT2D eigenvalue weighted by molar-refractivity contribution is 9.10. The van der Waals surface area contributed by atoms with Gasteiger partial charge in [-0.1, -0.05) is 22.0 Å². The van der Waals surface area contributed by atoms with E-state index in [-0.39, 0.29) is 11.9 Å². The van der Waals surface area contributed by atoms with E-state index in [2.05, 4.69) is 36.5 Å². The number of nitrogens with one attached hydrogen (secondary N) is 2. The van der Waals surface area contributed by atoms with Gasteiger partial charge in [0.2, 0.25) is 5.95 Å². The predicted octanol–water partition coefficient (Wildman–Crippen LogP) is 3.62. The van der Waals surface area contributed by atoms with Gasteiger partial charge in [-0.2, -0.15) is 0 Å². The molecule has 0 aliphatic carbocycles. The summed E-state index contributed by atoms with van der Waals surface area (Å²) in [6, 6.07) is 5.90. The Hall–Kier alpha value is -1.95. The largest absolute Gasteiger partial charge is 0.352 e. The minimum Gasteiger partial charge on any atom is -0.352 e. The average molecular weight is 349 g/mol. The van der Waals surface area contributed by atoms with Crippen LogP contribution in [0.5, 0.6) is 0 Å². The van der Waals surface area contributed by atoms with E-state index in [1.807, 2.05) is 39.0 Å². The van der Waals surface area contributed by atoms with Crippen LogP contribution in [-0.4, -0.2) is 21.9 Å². The maximum absolute atomic E-state index is 12.1. The molecular formula is C15H17BrN4O. The van der Waals surface area contributed by atoms with Gasteiger partial charge in [0.1, 0.15) is 0 Å². The predicted molar refractivity (Wildman–Crippen MR) is 87.6 cm³/mol. The molecule has 0 bridgehead atoms. The van der Waals surface area contributed by atoms with Gasteiger partial charge in [-0.25, -0.2) is 9.97 Å². The Kier molecular flexibility index (Phi) is 4.90. The maximum atomic E-state index is 12.1. The van der Waals surface area contributed by atoms with Crippen LogP contribution >= 0.6 is 15.9 Å². The first-order valence-corrected chi connectivity index (χ1v) is 7.41. The molecule has 0 aliphatic rings. The second-order valence-electron chi connectivity index (χ2n) is 5.01. The van der Waals surface area contributed by atoms with Gasteiger partial charge in [-0.15, -0.1) is 0 Å². The second-order valence-corrected chi connectivity index (χ2v) is 5.87. The lowest BCUT2D eigenvalue weighted by molar-refractivity contribution is 0.102. The van der Waals surface area contributed by atoms with Crippen molar-refractivity contribution < 1.29 is 4.79 Å². The quantitative estimate of drug-likeness (QED) is 0.885. The van der Waals surface area contributed by atoms with Crippen LogP contribution in [0.3, 0.4) is 0 Å². The summed E-state index contributed by atoms with van der Waals surface area (Å²) in [7, 11) is 0. The molecule has 2 rings (SSSR count). The van der Waals surface area contributed by atoms with Gasteiger partial charge in [-0.05, 0) is 38.5 Å². The normalized spacial score (nSPS) is 10.5. The summed E-state index contributed by atoms with van der Waals surface area (Å²) in [5, 5.41) is 5.89. The highest BCUT2D eigenvalue weighted by Crippen LogP contribution is 2.21. The summed E-state index contributed by atoms with van der Waals surface area (Å²) >= 11 is 3.44. The van der Waals surface area contributed by atoms with Crippen molar-refractivity contribution in [3.8, 4) is 0 Å². The number of carbonyl (C=O) groups is 1. The number of aryl methyl sites for hydroxylation is 1. The van der Waals surface area contributed by atoms with Crippen molar-refractivity contribution in [2.75, 3.05) is 10.6 Å². The molecule has 21 heavy (non-hydrogen) atoms. The number of nitrogens with zero attached hydrogens (tertiary/aromatic N) is 2. The molecule has 6 heteroatoms. The number of benzene rings is 1. The Morgan fingerprint density at radius 3 is 2.48 bits per heavy atom. The third kappa shape index (κ3) is 4.26. The minimum atomic E-state index is -0.234. The fourth-order valence-electron chi connectivity index (χ4n) is 1.65. The van der Waals surface area contributed by atoms with Crippen LogP contribution in [-0.2, 0) is 0 Å². The van der Waals surface area contributed by atoms with Crippen molar-refractivity contribution in [2.24, 2.45) is 0 Å². The highest BCUT2D eigenvalue weighted by atomic mass is 79.9. The molecule has 0 saturated carbocycles. The van der Waals surface area contributed by atoms with Crippen LogP contribution in [0.1, 0.15) is 29.8 Å². The van der Waals surface area contributed by atoms with Crippen molar-refractivity contribution in [2.45, 2.75) is 26.8 Å². The number of carbonyl (C=O) groups excluding carboxylic acids is 1. The second kappa shape index (κ2) is 6.67. The molecule has 0 aliphatic heterocycles. The Labute approximate surface area is 132 Å². The fraction of sp³-hybridized carbons (Fsp3) is 0.267. The fourth-order valence-corrected chi connectivity index (χ4v) is 2.03. The topological polar surface area (TPSA) is 66.9 Å². The lowest BCUT2D eigenvalue weighted by Gasteiger charge is -2.09. The van der Waals surface area contributed by atoms with E-state index in [1.54, 1.807) is 0 Å². The van der Waals surface area contributed by atoms with Gasteiger partial charge >= 0.3 is 0 Å². The van der Waals surface area contributed by atoms with Gasteiger partial charge in [0.25, 0.3) is 5.91 Å². The monoisotopic (exact) mass is 348 g/mol. The summed E-state index contributed by atoms with van der Waals surface area (Å²) in [6.45, 7) is 5.99. The van der Waals surface area contributed by atoms with Gasteiger partial charge in [0.15, 0.2) is 0 Å². The van der Waals surface area contributed by atoms with Crippen molar-refractivity contribution in [1.29, 1.82) is 0 Å². The summed E-state index contributed by atoms with van der Waals surface area (Å²) < 4.78 is 0.952. The number of hydrogen-bond donors (Lipinski definition) is 2. The zero-order valence-corrected chi connectivity index (χ0v) is 13.7. The van der Waals surface area contributed by atoms with E-state index >= 15 is 0 Å². The first-order chi connectivity index (χ1) is 9.95. The van der Waals surface area contributed by atoms with Crippen LogP contribution in [0.2, 0.25) is 0 Å². The number of hydrogen-bond acceptors (Lipinski definition) is 4. The smallest absolute Gasteiger partial charge is 0.258 e. The Morgan fingerprint density at radius 2 is 1.90 bits per heavy atom. The molecule has 0 spiro atoms. The molecular weight excluding hydrogens is 332 g/mol. The average Bonchev–Trinajstić information content (AvgIpc) is 2.43. The highest BCUT2D eigenvalue weighted by Gasteiger charge is 2.08. The molecule has 5 nitrogen and oxygen atoms in total. The van der Waals surface area contributed by atoms with Crippen LogP contribution in [0.25, 0.3) is 0 Å². The van der Waals surface area contributed by atoms with Gasteiger partial charge in [0.05, 0.1) is 5.56 Å². The lowest BCUT2D eigenvalue weighted by atomic mass is 10.2. The molecule has 110 valence electrons. The number of halogens is 1. The number of amides is 1. The molecule has 0 radical (unpaired) electrons. The summed E-state index contributed by atoms with van der Waals surface area (Å²) in [4.78, 5) is 20.4. The van der Waals surface area contributed by atoms with Crippen molar-refractivity contribution >= 4 is 33.5 Å². The third-order valence-corrected chi connectivity index (χ3v) is 3.62. The minimum absolute atomic E-state index is 0.234. The molecule has 1 amide bonds. The molecule has 2 N–H and O–H groups in total. The van der Waals surface area contributed by atoms with E-state index in [4.69, 9.17) is 0 Å². The van der Waals surface area contributed by atoms with Gasteiger partial charge in [-0.3, -0.25) is 4.79 Å². The standard InChI is InChI=1S/C15H17BrN4O/c1-9(2)19-15-17-7-11(8-18-15)14(21)20-12-5-4-10(3)13(16)6-12/h4-9H,1-3H3,(H,20,21)(H,17,18,19). The summed E-state index contributed by atoms with van der Waals surface area (Å²) in [6.07, 6.45) is 3.02. The molecule has 0 fully saturated rings. The summed E-state index contributed by atoms with van der Waals surface area (Å²) in [5.74, 6) is 0.279. The van der Waals surface area contributed by atoms with Crippen LogP contribution in [0.15, 0.2) is 35.1 Å². The number of aromatic nitrogens is 2. The van der Waals surface area contributed by atoms with Crippen molar-refractivity contribution in [1.82, 2.24) is 9.97 Å². The van der Waals surface area contributed by atoms with Gasteiger partial charge in [0, 0.05) is 28.6 Å². The number of rotatable bonds is 4. The van der Waals surface area contributed by atoms with E-state index in [0.717, 1.165) is 15.7 Å². The molecule has 0 atom stereocenters. The Balaban J connectivity index is 2.07. The first kappa shape index (κ1) is 15.4. The molecule has 1 aromatic carbocycles. The van der Waals surface area contributed by atoms with Crippen LogP contribution in [0, 0.1) is 6.92 Å². The molecule has 1 aromatic heterocycles. The maximum Gasteiger partial charge on any atom is 0.258 e.